The number of halogens is 1. The van der Waals surface area contributed by atoms with Crippen molar-refractivity contribution < 1.29 is 9.53 Å². The highest BCUT2D eigenvalue weighted by Gasteiger charge is 2.57. The summed E-state index contributed by atoms with van der Waals surface area (Å²) in [5.74, 6) is 0.833. The molecule has 35 heavy (non-hydrogen) atoms. The van der Waals surface area contributed by atoms with Gasteiger partial charge in [0, 0.05) is 24.7 Å². The summed E-state index contributed by atoms with van der Waals surface area (Å²) >= 11 is 6.75. The molecule has 1 amide bonds. The Morgan fingerprint density at radius 2 is 2.00 bits per heavy atom. The Morgan fingerprint density at radius 1 is 1.26 bits per heavy atom. The molecule has 1 N–H and O–H groups in total. The first-order valence-corrected chi connectivity index (χ1v) is 13.4. The van der Waals surface area contributed by atoms with E-state index < -0.39 is 0 Å². The molecule has 0 saturated carbocycles. The van der Waals surface area contributed by atoms with Gasteiger partial charge in [0.2, 0.25) is 5.91 Å². The first-order valence-electron chi connectivity index (χ1n) is 13.0. The third-order valence-corrected chi connectivity index (χ3v) is 9.01. The van der Waals surface area contributed by atoms with Crippen LogP contribution in [0.3, 0.4) is 0 Å². The molecule has 1 aromatic rings. The summed E-state index contributed by atoms with van der Waals surface area (Å²) in [5.41, 5.74) is 5.47. The molecular weight excluding hydrogens is 456 g/mol. The topological polar surface area (TPSA) is 44.9 Å². The lowest BCUT2D eigenvalue weighted by atomic mass is 9.72. The summed E-state index contributed by atoms with van der Waals surface area (Å²) in [5, 5.41) is 4.02. The average molecular weight is 497 g/mol. The summed E-state index contributed by atoms with van der Waals surface area (Å²) in [6, 6.07) is 4.55. The van der Waals surface area contributed by atoms with Gasteiger partial charge in [-0.15, -0.1) is 0 Å². The average Bonchev–Trinajstić information content (AvgIpc) is 3.49. The number of amides is 1. The van der Waals surface area contributed by atoms with Gasteiger partial charge in [0.1, 0.15) is 0 Å². The maximum Gasteiger partial charge on any atom is 0.223 e. The van der Waals surface area contributed by atoms with Gasteiger partial charge in [-0.1, -0.05) is 61.9 Å². The summed E-state index contributed by atoms with van der Waals surface area (Å²) in [4.78, 5) is 14.9. The van der Waals surface area contributed by atoms with E-state index in [1.807, 2.05) is 0 Å². The first-order chi connectivity index (χ1) is 16.5. The largest absolute Gasteiger partial charge is 0.366 e. The van der Waals surface area contributed by atoms with Crippen LogP contribution in [-0.4, -0.2) is 30.7 Å². The third-order valence-electron chi connectivity index (χ3n) is 8.51. The Hall–Kier alpha value is -2.04. The third kappa shape index (κ3) is 5.54. The number of ether oxygens (including phenoxy) is 1. The molecule has 1 aromatic carbocycles. The van der Waals surface area contributed by atoms with Crippen molar-refractivity contribution in [1.29, 1.82) is 0 Å². The zero-order valence-corrected chi connectivity index (χ0v) is 22.9. The van der Waals surface area contributed by atoms with Crippen molar-refractivity contribution in [3.05, 3.63) is 64.4 Å². The molecule has 4 nitrogen and oxygen atoms in total. The Bertz CT molecular complexity index is 1060. The van der Waals surface area contributed by atoms with Gasteiger partial charge in [-0.25, -0.2) is 0 Å². The van der Waals surface area contributed by atoms with E-state index in [-0.39, 0.29) is 29.6 Å². The molecule has 3 heterocycles. The number of nitrogens with zero attached hydrogens (tertiary/aromatic N) is 1. The summed E-state index contributed by atoms with van der Waals surface area (Å²) in [7, 11) is 2.05. The molecule has 0 aromatic heterocycles. The van der Waals surface area contributed by atoms with Crippen molar-refractivity contribution in [2.75, 3.05) is 11.9 Å². The minimum absolute atomic E-state index is 0.00714. The maximum atomic E-state index is 12.8. The number of hydrogen-bond donors (Lipinski definition) is 1. The Kier molecular flexibility index (Phi) is 7.54. The minimum Gasteiger partial charge on any atom is -0.366 e. The lowest BCUT2D eigenvalue weighted by Crippen LogP contribution is -2.49. The van der Waals surface area contributed by atoms with Crippen LogP contribution < -0.4 is 10.2 Å². The van der Waals surface area contributed by atoms with E-state index in [0.29, 0.717) is 11.8 Å². The molecule has 0 aliphatic carbocycles. The summed E-state index contributed by atoms with van der Waals surface area (Å²) in [6.45, 7) is 15.2. The van der Waals surface area contributed by atoms with Gasteiger partial charge in [-0.2, -0.15) is 0 Å². The number of allylic oxidation sites excluding steroid dienone is 4. The molecule has 2 saturated heterocycles. The van der Waals surface area contributed by atoms with Gasteiger partial charge in [0.15, 0.2) is 0 Å². The summed E-state index contributed by atoms with van der Waals surface area (Å²) in [6.07, 6.45) is 11.1. The number of rotatable bonds is 0. The van der Waals surface area contributed by atoms with Crippen molar-refractivity contribution in [1.82, 2.24) is 5.32 Å². The number of carbonyl (C=O) groups excluding carboxylic acids is 1. The second kappa shape index (κ2) is 10.1. The van der Waals surface area contributed by atoms with Gasteiger partial charge in [-0.05, 0) is 81.9 Å². The normalized spacial score (nSPS) is 36.6. The molecule has 190 valence electrons. The van der Waals surface area contributed by atoms with E-state index in [1.165, 1.54) is 11.1 Å². The van der Waals surface area contributed by atoms with Crippen LogP contribution in [0.4, 0.5) is 5.69 Å². The zero-order valence-electron chi connectivity index (χ0n) is 22.2. The Morgan fingerprint density at radius 3 is 2.74 bits per heavy atom. The predicted octanol–water partition coefficient (Wildman–Crippen LogP) is 6.76. The van der Waals surface area contributed by atoms with Crippen LogP contribution in [0.2, 0.25) is 5.02 Å². The minimum atomic E-state index is -0.169. The van der Waals surface area contributed by atoms with Crippen molar-refractivity contribution >= 4 is 23.2 Å². The molecule has 0 radical (unpaired) electrons. The van der Waals surface area contributed by atoms with Gasteiger partial charge in [0.25, 0.3) is 0 Å². The van der Waals surface area contributed by atoms with Crippen molar-refractivity contribution in [3.63, 3.8) is 0 Å². The van der Waals surface area contributed by atoms with Crippen LogP contribution in [-0.2, 0) is 16.0 Å². The SMILES string of the molecule is C=C1CCC2(C)OC2[C@H](C)C2C[C@H](C/C=C/C=C(\C)Cc3cc(C)c(Cl)c(c3)N1C)NC(=O)C2C. The maximum absolute atomic E-state index is 12.8. The van der Waals surface area contributed by atoms with Crippen LogP contribution in [0.25, 0.3) is 0 Å². The van der Waals surface area contributed by atoms with E-state index in [4.69, 9.17) is 16.3 Å². The zero-order chi connectivity index (χ0) is 25.5. The van der Waals surface area contributed by atoms with E-state index in [1.54, 1.807) is 0 Å². The molecular formula is C30H41ClN2O2. The number of hydrogen-bond acceptors (Lipinski definition) is 3. The number of fused-ring (bicyclic) bond motifs is 5. The molecule has 0 spiro atoms. The van der Waals surface area contributed by atoms with Crippen molar-refractivity contribution in [3.8, 4) is 0 Å². The van der Waals surface area contributed by atoms with Crippen molar-refractivity contribution in [2.24, 2.45) is 17.8 Å². The fourth-order valence-electron chi connectivity index (χ4n) is 6.05. The van der Waals surface area contributed by atoms with Gasteiger partial charge >= 0.3 is 0 Å². The van der Waals surface area contributed by atoms with Gasteiger partial charge in [-0.3, -0.25) is 4.79 Å². The monoisotopic (exact) mass is 496 g/mol. The van der Waals surface area contributed by atoms with Crippen LogP contribution in [0, 0.1) is 24.7 Å². The molecule has 3 aliphatic rings. The Labute approximate surface area is 216 Å². The van der Waals surface area contributed by atoms with Crippen LogP contribution in [0.1, 0.15) is 64.5 Å². The number of aryl methyl sites for hydroxylation is 1. The van der Waals surface area contributed by atoms with E-state index in [0.717, 1.165) is 54.1 Å². The number of benzene rings is 1. The number of carbonyl (C=O) groups is 1. The standard InChI is InChI=1S/C30H41ClN2O2/c1-18-10-8-9-11-24-17-25(22(5)29(34)32-24)21(4)28-30(6,35-28)13-12-20(3)33(7)26-16-23(14-18)15-19(2)27(26)31/h8-10,15-16,21-22,24-25,28H,3,11-14,17H2,1-2,4-7H3,(H,32,34)/b9-8+,18-10+/t21-,22?,24+,25?,28?,30?/m1/s1. The lowest BCUT2D eigenvalue weighted by molar-refractivity contribution is -0.130. The molecule has 2 fully saturated rings. The molecule has 3 aliphatic heterocycles. The molecule has 4 rings (SSSR count). The Balaban J connectivity index is 1.63. The number of nitrogens with one attached hydrogen (secondary N) is 1. The highest BCUT2D eigenvalue weighted by atomic mass is 35.5. The molecule has 5 heteroatoms. The number of piperidine rings is 1. The lowest BCUT2D eigenvalue weighted by Gasteiger charge is -2.37. The van der Waals surface area contributed by atoms with Crippen LogP contribution in [0.15, 0.2) is 48.2 Å². The van der Waals surface area contributed by atoms with Crippen LogP contribution >= 0.6 is 11.6 Å². The number of anilines is 1. The van der Waals surface area contributed by atoms with Gasteiger partial charge < -0.3 is 15.0 Å². The molecule has 4 unspecified atom stereocenters. The highest BCUT2D eigenvalue weighted by molar-refractivity contribution is 6.34. The smallest absolute Gasteiger partial charge is 0.223 e. The second-order valence-electron chi connectivity index (χ2n) is 11.3. The van der Waals surface area contributed by atoms with Crippen molar-refractivity contribution in [2.45, 2.75) is 84.5 Å². The van der Waals surface area contributed by atoms with E-state index >= 15 is 0 Å². The first kappa shape index (κ1) is 26.0. The highest BCUT2D eigenvalue weighted by Crippen LogP contribution is 2.50. The van der Waals surface area contributed by atoms with Gasteiger partial charge in [0.05, 0.1) is 22.4 Å². The van der Waals surface area contributed by atoms with E-state index in [2.05, 4.69) is 88.8 Å². The fraction of sp³-hybridized carbons (Fsp3) is 0.567. The molecule has 6 atom stereocenters. The van der Waals surface area contributed by atoms with E-state index in [9.17, 15) is 4.79 Å². The molecule has 4 bridgehead atoms. The van der Waals surface area contributed by atoms with Crippen LogP contribution in [0.5, 0.6) is 0 Å². The predicted molar refractivity (Wildman–Crippen MR) is 146 cm³/mol. The quantitative estimate of drug-likeness (QED) is 0.403. The second-order valence-corrected chi connectivity index (χ2v) is 11.7. The fourth-order valence-corrected chi connectivity index (χ4v) is 6.28. The number of epoxide rings is 1. The summed E-state index contributed by atoms with van der Waals surface area (Å²) < 4.78 is 6.32.